The van der Waals surface area contributed by atoms with E-state index in [1.54, 1.807) is 6.08 Å². The molecule has 0 fully saturated rings. The van der Waals surface area contributed by atoms with Gasteiger partial charge in [0.2, 0.25) is 5.91 Å². The monoisotopic (exact) mass is 418 g/mol. The van der Waals surface area contributed by atoms with E-state index >= 15 is 0 Å². The molecule has 0 unspecified atom stereocenters. The lowest BCUT2D eigenvalue weighted by molar-refractivity contribution is -0.150. The fraction of sp³-hybridized carbons (Fsp3) is 0.800. The van der Waals surface area contributed by atoms with Crippen LogP contribution in [0.25, 0.3) is 0 Å². The standard InChI is InChI=1S/C20H38N2O7/c1-12(2)29-11-10-21-18(26)13(3)22-19(27)17(28-7)16(25)15(24)14(23)8-9-20(4,5)6/h8-9,12-17,23-25H,10-11H2,1-7H3,(H,21,26)(H,22,27)/b9-8+/t13-,14+,15-,16+,17+/m0/s1. The minimum Gasteiger partial charge on any atom is -0.387 e. The van der Waals surface area contributed by atoms with Gasteiger partial charge in [-0.2, -0.15) is 0 Å². The zero-order chi connectivity index (χ0) is 22.8. The molecule has 0 bridgehead atoms. The van der Waals surface area contributed by atoms with Crippen molar-refractivity contribution in [3.63, 3.8) is 0 Å². The zero-order valence-electron chi connectivity index (χ0n) is 18.5. The topological polar surface area (TPSA) is 137 Å². The van der Waals surface area contributed by atoms with Gasteiger partial charge in [-0.25, -0.2) is 0 Å². The van der Waals surface area contributed by atoms with Crippen LogP contribution in [0.3, 0.4) is 0 Å². The normalized spacial score (nSPS) is 17.6. The van der Waals surface area contributed by atoms with Gasteiger partial charge in [-0.1, -0.05) is 32.9 Å². The van der Waals surface area contributed by atoms with Crippen molar-refractivity contribution in [2.45, 2.75) is 78.1 Å². The number of hydrogen-bond donors (Lipinski definition) is 5. The van der Waals surface area contributed by atoms with Crippen LogP contribution in [0.15, 0.2) is 12.2 Å². The Bertz CT molecular complexity index is 531. The molecule has 0 saturated heterocycles. The van der Waals surface area contributed by atoms with Crippen molar-refractivity contribution in [2.24, 2.45) is 5.41 Å². The highest BCUT2D eigenvalue weighted by atomic mass is 16.5. The number of carbonyl (C=O) groups is 2. The first-order chi connectivity index (χ1) is 13.3. The van der Waals surface area contributed by atoms with E-state index in [0.29, 0.717) is 13.2 Å². The molecule has 0 aliphatic carbocycles. The van der Waals surface area contributed by atoms with Gasteiger partial charge in [-0.05, 0) is 26.2 Å². The SMILES string of the molecule is CO[C@@H](C(=O)N[C@@H](C)C(=O)NCCOC(C)C)[C@H](O)[C@@H](O)[C@H](O)/C=C/C(C)(C)C. The van der Waals surface area contributed by atoms with Crippen LogP contribution in [0.5, 0.6) is 0 Å². The van der Waals surface area contributed by atoms with Crippen molar-refractivity contribution in [3.05, 3.63) is 12.2 Å². The lowest BCUT2D eigenvalue weighted by Gasteiger charge is -2.28. The van der Waals surface area contributed by atoms with Crippen molar-refractivity contribution >= 4 is 11.8 Å². The molecule has 0 saturated carbocycles. The quantitative estimate of drug-likeness (QED) is 0.217. The summed E-state index contributed by atoms with van der Waals surface area (Å²) in [6.45, 7) is 11.6. The van der Waals surface area contributed by atoms with E-state index in [9.17, 15) is 24.9 Å². The Morgan fingerprint density at radius 2 is 1.62 bits per heavy atom. The highest BCUT2D eigenvalue weighted by Crippen LogP contribution is 2.17. The summed E-state index contributed by atoms with van der Waals surface area (Å²) >= 11 is 0. The first-order valence-corrected chi connectivity index (χ1v) is 9.76. The second-order valence-corrected chi connectivity index (χ2v) is 8.29. The molecule has 0 rings (SSSR count). The number of amides is 2. The number of allylic oxidation sites excluding steroid dienone is 1. The third-order valence-corrected chi connectivity index (χ3v) is 3.92. The fourth-order valence-electron chi connectivity index (χ4n) is 2.27. The minimum atomic E-state index is -1.70. The van der Waals surface area contributed by atoms with Gasteiger partial charge in [-0.15, -0.1) is 0 Å². The van der Waals surface area contributed by atoms with Crippen molar-refractivity contribution in [1.29, 1.82) is 0 Å². The first kappa shape index (κ1) is 27.5. The molecular weight excluding hydrogens is 380 g/mol. The van der Waals surface area contributed by atoms with Crippen LogP contribution >= 0.6 is 0 Å². The van der Waals surface area contributed by atoms with E-state index < -0.39 is 42.3 Å². The third-order valence-electron chi connectivity index (χ3n) is 3.92. The van der Waals surface area contributed by atoms with E-state index in [2.05, 4.69) is 10.6 Å². The van der Waals surface area contributed by atoms with Gasteiger partial charge in [0.1, 0.15) is 24.4 Å². The predicted molar refractivity (Wildman–Crippen MR) is 109 cm³/mol. The van der Waals surface area contributed by atoms with E-state index in [4.69, 9.17) is 9.47 Å². The van der Waals surface area contributed by atoms with Crippen LogP contribution < -0.4 is 10.6 Å². The predicted octanol–water partition coefficient (Wildman–Crippen LogP) is -0.268. The first-order valence-electron chi connectivity index (χ1n) is 9.76. The molecule has 0 aliphatic heterocycles. The average Bonchev–Trinajstić information content (AvgIpc) is 2.61. The molecule has 0 heterocycles. The molecular formula is C20H38N2O7. The maximum absolute atomic E-state index is 12.4. The lowest BCUT2D eigenvalue weighted by Crippen LogP contribution is -2.55. The molecule has 0 aromatic rings. The molecule has 29 heavy (non-hydrogen) atoms. The minimum absolute atomic E-state index is 0.0491. The van der Waals surface area contributed by atoms with Crippen molar-refractivity contribution in [3.8, 4) is 0 Å². The number of aliphatic hydroxyl groups is 3. The maximum atomic E-state index is 12.4. The smallest absolute Gasteiger partial charge is 0.252 e. The summed E-state index contributed by atoms with van der Waals surface area (Å²) < 4.78 is 10.3. The Labute approximate surface area is 173 Å². The summed E-state index contributed by atoms with van der Waals surface area (Å²) in [5.41, 5.74) is -0.229. The van der Waals surface area contributed by atoms with E-state index in [1.807, 2.05) is 34.6 Å². The molecule has 5 atom stereocenters. The van der Waals surface area contributed by atoms with Gasteiger partial charge < -0.3 is 35.4 Å². The summed E-state index contributed by atoms with van der Waals surface area (Å²) in [7, 11) is 1.19. The molecule has 170 valence electrons. The number of nitrogens with one attached hydrogen (secondary N) is 2. The van der Waals surface area contributed by atoms with Crippen LogP contribution in [0, 0.1) is 5.41 Å². The maximum Gasteiger partial charge on any atom is 0.252 e. The summed E-state index contributed by atoms with van der Waals surface area (Å²) in [6, 6.07) is -0.894. The van der Waals surface area contributed by atoms with Crippen molar-refractivity contribution in [1.82, 2.24) is 10.6 Å². The molecule has 2 amide bonds. The largest absolute Gasteiger partial charge is 0.387 e. The van der Waals surface area contributed by atoms with Gasteiger partial charge in [-0.3, -0.25) is 9.59 Å². The molecule has 0 aliphatic rings. The molecule has 0 aromatic carbocycles. The molecule has 9 heteroatoms. The molecule has 0 spiro atoms. The third kappa shape index (κ3) is 11.3. The van der Waals surface area contributed by atoms with Gasteiger partial charge >= 0.3 is 0 Å². The number of carbonyl (C=O) groups excluding carboxylic acids is 2. The van der Waals surface area contributed by atoms with Gasteiger partial charge in [0.05, 0.1) is 12.7 Å². The average molecular weight is 419 g/mol. The Kier molecular flexibility index (Phi) is 12.2. The van der Waals surface area contributed by atoms with Crippen molar-refractivity contribution < 1.29 is 34.4 Å². The molecule has 9 nitrogen and oxygen atoms in total. The Balaban J connectivity index is 4.76. The molecule has 0 radical (unpaired) electrons. The molecule has 0 aromatic heterocycles. The number of rotatable bonds is 12. The van der Waals surface area contributed by atoms with Gasteiger partial charge in [0, 0.05) is 13.7 Å². The highest BCUT2D eigenvalue weighted by Gasteiger charge is 2.36. The van der Waals surface area contributed by atoms with Crippen LogP contribution in [0.2, 0.25) is 0 Å². The van der Waals surface area contributed by atoms with Gasteiger partial charge in [0.25, 0.3) is 5.91 Å². The summed E-state index contributed by atoms with van der Waals surface area (Å²) in [4.78, 5) is 24.4. The van der Waals surface area contributed by atoms with Gasteiger partial charge in [0.15, 0.2) is 6.10 Å². The van der Waals surface area contributed by atoms with Crippen LogP contribution in [0.4, 0.5) is 0 Å². The van der Waals surface area contributed by atoms with E-state index in [1.165, 1.54) is 20.1 Å². The highest BCUT2D eigenvalue weighted by molar-refractivity contribution is 5.89. The number of aliphatic hydroxyl groups excluding tert-OH is 3. The second kappa shape index (κ2) is 12.9. The van der Waals surface area contributed by atoms with Crippen LogP contribution in [0.1, 0.15) is 41.5 Å². The number of methoxy groups -OCH3 is 1. The number of ether oxygens (including phenoxy) is 2. The Hall–Kier alpha value is -1.52. The zero-order valence-corrected chi connectivity index (χ0v) is 18.5. The Morgan fingerprint density at radius 3 is 2.10 bits per heavy atom. The van der Waals surface area contributed by atoms with E-state index in [0.717, 1.165) is 0 Å². The molecule has 5 N–H and O–H groups in total. The summed E-state index contributed by atoms with van der Waals surface area (Å²) in [5, 5.41) is 35.5. The summed E-state index contributed by atoms with van der Waals surface area (Å²) in [6.07, 6.45) is -3.12. The van der Waals surface area contributed by atoms with Crippen LogP contribution in [-0.4, -0.2) is 84.0 Å². The second-order valence-electron chi connectivity index (χ2n) is 8.29. The summed E-state index contributed by atoms with van der Waals surface area (Å²) in [5.74, 6) is -1.21. The van der Waals surface area contributed by atoms with Crippen molar-refractivity contribution in [2.75, 3.05) is 20.3 Å². The fourth-order valence-corrected chi connectivity index (χ4v) is 2.27. The van der Waals surface area contributed by atoms with E-state index in [-0.39, 0.29) is 11.5 Å². The number of hydrogen-bond acceptors (Lipinski definition) is 7. The van der Waals surface area contributed by atoms with Crippen LogP contribution in [-0.2, 0) is 19.1 Å². The Morgan fingerprint density at radius 1 is 1.03 bits per heavy atom. The lowest BCUT2D eigenvalue weighted by atomic mass is 9.94.